The lowest BCUT2D eigenvalue weighted by Crippen LogP contribution is -2.32. The third kappa shape index (κ3) is 4.00. The fourth-order valence-corrected chi connectivity index (χ4v) is 2.01. The molecule has 1 unspecified atom stereocenters. The molecule has 1 saturated heterocycles. The van der Waals surface area contributed by atoms with Gasteiger partial charge in [-0.05, 0) is 19.3 Å². The van der Waals surface area contributed by atoms with Gasteiger partial charge in [-0.1, -0.05) is 26.2 Å². The van der Waals surface area contributed by atoms with Crippen molar-refractivity contribution in [1.29, 1.82) is 0 Å². The number of hydrogen-bond donors (Lipinski definition) is 2. The van der Waals surface area contributed by atoms with Crippen molar-refractivity contribution < 1.29 is 14.7 Å². The molecule has 1 atom stereocenters. The van der Waals surface area contributed by atoms with E-state index in [1.165, 1.54) is 4.90 Å². The van der Waals surface area contributed by atoms with Gasteiger partial charge < -0.3 is 10.4 Å². The molecule has 1 rings (SSSR count). The Balaban J connectivity index is 2.28. The number of carbonyl (C=O) groups is 2. The molecular formula is C12H22N2O3. The number of aliphatic hydroxyl groups is 1. The average molecular weight is 242 g/mol. The highest BCUT2D eigenvalue weighted by Crippen LogP contribution is 2.12. The minimum Gasteiger partial charge on any atom is -0.396 e. The number of nitrogens with one attached hydrogen (secondary N) is 1. The second kappa shape index (κ2) is 7.27. The number of rotatable bonds is 8. The van der Waals surface area contributed by atoms with Crippen molar-refractivity contribution in [3.05, 3.63) is 0 Å². The van der Waals surface area contributed by atoms with Gasteiger partial charge in [0.2, 0.25) is 0 Å². The maximum atomic E-state index is 11.8. The summed E-state index contributed by atoms with van der Waals surface area (Å²) in [7, 11) is 0. The monoisotopic (exact) mass is 242 g/mol. The van der Waals surface area contributed by atoms with Crippen LogP contribution in [0.3, 0.4) is 0 Å². The zero-order valence-corrected chi connectivity index (χ0v) is 10.4. The first-order valence-corrected chi connectivity index (χ1v) is 6.43. The molecule has 5 heteroatoms. The van der Waals surface area contributed by atoms with Crippen LogP contribution in [-0.4, -0.2) is 41.1 Å². The molecule has 17 heavy (non-hydrogen) atoms. The van der Waals surface area contributed by atoms with E-state index in [1.807, 2.05) is 6.92 Å². The van der Waals surface area contributed by atoms with Gasteiger partial charge in [-0.2, -0.15) is 0 Å². The van der Waals surface area contributed by atoms with Crippen LogP contribution in [0.2, 0.25) is 0 Å². The SMILES string of the molecule is CCCC1NC(=O)N(CCCCCCO)C1=O. The highest BCUT2D eigenvalue weighted by atomic mass is 16.3. The van der Waals surface area contributed by atoms with Crippen molar-refractivity contribution in [1.82, 2.24) is 10.2 Å². The Kier molecular flexibility index (Phi) is 5.97. The fraction of sp³-hybridized carbons (Fsp3) is 0.833. The number of unbranched alkanes of at least 4 members (excludes halogenated alkanes) is 3. The lowest BCUT2D eigenvalue weighted by molar-refractivity contribution is -0.127. The number of amides is 3. The average Bonchev–Trinajstić information content (AvgIpc) is 2.56. The van der Waals surface area contributed by atoms with Crippen LogP contribution in [0.1, 0.15) is 45.4 Å². The van der Waals surface area contributed by atoms with Gasteiger partial charge in [-0.15, -0.1) is 0 Å². The van der Waals surface area contributed by atoms with E-state index in [9.17, 15) is 9.59 Å². The van der Waals surface area contributed by atoms with Crippen LogP contribution >= 0.6 is 0 Å². The molecule has 1 aliphatic rings. The van der Waals surface area contributed by atoms with Gasteiger partial charge in [0.1, 0.15) is 6.04 Å². The summed E-state index contributed by atoms with van der Waals surface area (Å²) >= 11 is 0. The minimum atomic E-state index is -0.315. The molecule has 1 fully saturated rings. The highest BCUT2D eigenvalue weighted by Gasteiger charge is 2.36. The number of aliphatic hydroxyl groups excluding tert-OH is 1. The van der Waals surface area contributed by atoms with E-state index in [2.05, 4.69) is 5.32 Å². The topological polar surface area (TPSA) is 69.6 Å². The van der Waals surface area contributed by atoms with E-state index < -0.39 is 0 Å². The Morgan fingerprint density at radius 1 is 1.24 bits per heavy atom. The lowest BCUT2D eigenvalue weighted by Gasteiger charge is -2.12. The van der Waals surface area contributed by atoms with Crippen LogP contribution in [0.15, 0.2) is 0 Å². The van der Waals surface area contributed by atoms with Crippen LogP contribution in [-0.2, 0) is 4.79 Å². The minimum absolute atomic E-state index is 0.0843. The van der Waals surface area contributed by atoms with Crippen LogP contribution in [0.5, 0.6) is 0 Å². The van der Waals surface area contributed by atoms with Crippen LogP contribution < -0.4 is 5.32 Å². The summed E-state index contributed by atoms with van der Waals surface area (Å²) in [4.78, 5) is 24.7. The van der Waals surface area contributed by atoms with Gasteiger partial charge >= 0.3 is 6.03 Å². The van der Waals surface area contributed by atoms with E-state index >= 15 is 0 Å². The molecule has 3 amide bonds. The standard InChI is InChI=1S/C12H22N2O3/c1-2-7-10-11(16)14(12(17)13-10)8-5-3-4-6-9-15/h10,15H,2-9H2,1H3,(H,13,17). The second-order valence-electron chi connectivity index (χ2n) is 4.42. The molecule has 5 nitrogen and oxygen atoms in total. The van der Waals surface area contributed by atoms with Gasteiger partial charge in [-0.25, -0.2) is 4.79 Å². The number of carbonyl (C=O) groups excluding carboxylic acids is 2. The molecule has 1 aliphatic heterocycles. The predicted molar refractivity (Wildman–Crippen MR) is 64.5 cm³/mol. The number of urea groups is 1. The molecule has 1 heterocycles. The summed E-state index contributed by atoms with van der Waals surface area (Å²) in [6.07, 6.45) is 5.10. The molecule has 0 aromatic heterocycles. The molecule has 0 bridgehead atoms. The van der Waals surface area contributed by atoms with Crippen LogP contribution in [0.25, 0.3) is 0 Å². The molecule has 0 spiro atoms. The van der Waals surface area contributed by atoms with Crippen LogP contribution in [0.4, 0.5) is 4.79 Å². The molecular weight excluding hydrogens is 220 g/mol. The molecule has 0 radical (unpaired) electrons. The lowest BCUT2D eigenvalue weighted by atomic mass is 10.1. The Morgan fingerprint density at radius 2 is 1.94 bits per heavy atom. The molecule has 2 N–H and O–H groups in total. The van der Waals surface area contributed by atoms with Gasteiger partial charge in [-0.3, -0.25) is 9.69 Å². The molecule has 0 aliphatic carbocycles. The zero-order valence-electron chi connectivity index (χ0n) is 10.4. The number of imide groups is 1. The second-order valence-corrected chi connectivity index (χ2v) is 4.42. The van der Waals surface area contributed by atoms with E-state index in [0.717, 1.165) is 32.1 Å². The molecule has 0 aromatic carbocycles. The van der Waals surface area contributed by atoms with Gasteiger partial charge in [0.15, 0.2) is 0 Å². The molecule has 0 saturated carbocycles. The van der Waals surface area contributed by atoms with E-state index in [4.69, 9.17) is 5.11 Å². The summed E-state index contributed by atoms with van der Waals surface area (Å²) in [5, 5.41) is 11.3. The van der Waals surface area contributed by atoms with Crippen molar-refractivity contribution in [2.45, 2.75) is 51.5 Å². The summed E-state index contributed by atoms with van der Waals surface area (Å²) in [6.45, 7) is 2.70. The van der Waals surface area contributed by atoms with E-state index in [-0.39, 0.29) is 24.6 Å². The van der Waals surface area contributed by atoms with Gasteiger partial charge in [0, 0.05) is 13.2 Å². The fourth-order valence-electron chi connectivity index (χ4n) is 2.01. The Labute approximate surface area is 102 Å². The normalized spacial score (nSPS) is 19.9. The van der Waals surface area contributed by atoms with Crippen molar-refractivity contribution in [2.24, 2.45) is 0 Å². The maximum Gasteiger partial charge on any atom is 0.324 e. The first kappa shape index (κ1) is 14.0. The predicted octanol–water partition coefficient (Wildman–Crippen LogP) is 1.26. The van der Waals surface area contributed by atoms with Crippen molar-refractivity contribution in [2.75, 3.05) is 13.2 Å². The van der Waals surface area contributed by atoms with Crippen molar-refractivity contribution >= 4 is 11.9 Å². The van der Waals surface area contributed by atoms with E-state index in [1.54, 1.807) is 0 Å². The maximum absolute atomic E-state index is 11.8. The Bertz CT molecular complexity index is 268. The van der Waals surface area contributed by atoms with Crippen molar-refractivity contribution in [3.63, 3.8) is 0 Å². The molecule has 98 valence electrons. The smallest absolute Gasteiger partial charge is 0.324 e. The van der Waals surface area contributed by atoms with Crippen LogP contribution in [0, 0.1) is 0 Å². The number of nitrogens with zero attached hydrogens (tertiary/aromatic N) is 1. The van der Waals surface area contributed by atoms with Gasteiger partial charge in [0.25, 0.3) is 5.91 Å². The Hall–Kier alpha value is -1.10. The summed E-state index contributed by atoms with van der Waals surface area (Å²) in [6, 6.07) is -0.569. The third-order valence-corrected chi connectivity index (χ3v) is 2.97. The zero-order chi connectivity index (χ0) is 12.7. The summed E-state index contributed by atoms with van der Waals surface area (Å²) in [5.74, 6) is -0.0843. The molecule has 0 aromatic rings. The Morgan fingerprint density at radius 3 is 2.59 bits per heavy atom. The largest absolute Gasteiger partial charge is 0.396 e. The van der Waals surface area contributed by atoms with Gasteiger partial charge in [0.05, 0.1) is 0 Å². The quantitative estimate of drug-likeness (QED) is 0.497. The van der Waals surface area contributed by atoms with E-state index in [0.29, 0.717) is 13.0 Å². The summed E-state index contributed by atoms with van der Waals surface area (Å²) < 4.78 is 0. The number of hydrogen-bond acceptors (Lipinski definition) is 3. The summed E-state index contributed by atoms with van der Waals surface area (Å²) in [5.41, 5.74) is 0. The third-order valence-electron chi connectivity index (χ3n) is 2.97. The highest BCUT2D eigenvalue weighted by molar-refractivity contribution is 6.04. The van der Waals surface area contributed by atoms with Crippen molar-refractivity contribution in [3.8, 4) is 0 Å². The first-order valence-electron chi connectivity index (χ1n) is 6.43. The first-order chi connectivity index (χ1) is 8.20.